The van der Waals surface area contributed by atoms with Gasteiger partial charge in [-0.25, -0.2) is 15.8 Å². The number of hydrogen-bond acceptors (Lipinski definition) is 5. The summed E-state index contributed by atoms with van der Waals surface area (Å²) in [5, 5.41) is 0. The van der Waals surface area contributed by atoms with Crippen LogP contribution in [0.5, 0.6) is 0 Å². The number of rotatable bonds is 6. The molecule has 0 amide bonds. The Labute approximate surface area is 110 Å². The fraction of sp³-hybridized carbons (Fsp3) is 0.692. The van der Waals surface area contributed by atoms with Gasteiger partial charge < -0.3 is 10.3 Å². The maximum atomic E-state index is 5.52. The van der Waals surface area contributed by atoms with Crippen LogP contribution in [0.3, 0.4) is 0 Å². The van der Waals surface area contributed by atoms with Crippen LogP contribution in [0.1, 0.15) is 45.6 Å². The first kappa shape index (κ1) is 14.7. The predicted octanol–water partition coefficient (Wildman–Crippen LogP) is 2.37. The number of nitrogens with zero attached hydrogens (tertiary/aromatic N) is 3. The van der Waals surface area contributed by atoms with Crippen molar-refractivity contribution in [2.24, 2.45) is 11.8 Å². The van der Waals surface area contributed by atoms with Crippen LogP contribution in [0.4, 0.5) is 11.6 Å². The maximum Gasteiger partial charge on any atom is 0.148 e. The van der Waals surface area contributed by atoms with E-state index in [0.29, 0.717) is 17.7 Å². The quantitative estimate of drug-likeness (QED) is 0.600. The highest BCUT2D eigenvalue weighted by molar-refractivity contribution is 5.59. The largest absolute Gasteiger partial charge is 0.359 e. The Bertz CT molecular complexity index is 376. The van der Waals surface area contributed by atoms with E-state index in [1.165, 1.54) is 0 Å². The number of nitrogens with one attached hydrogen (secondary N) is 1. The number of hydrazine groups is 1. The van der Waals surface area contributed by atoms with Crippen LogP contribution in [-0.4, -0.2) is 23.6 Å². The molecule has 0 radical (unpaired) electrons. The number of nitrogen functional groups attached to an aromatic ring is 1. The first-order chi connectivity index (χ1) is 8.47. The van der Waals surface area contributed by atoms with Gasteiger partial charge in [-0.2, -0.15) is 0 Å². The van der Waals surface area contributed by atoms with Crippen molar-refractivity contribution in [3.8, 4) is 0 Å². The van der Waals surface area contributed by atoms with Crippen molar-refractivity contribution < 1.29 is 0 Å². The zero-order valence-corrected chi connectivity index (χ0v) is 12.1. The highest BCUT2D eigenvalue weighted by Gasteiger charge is 2.17. The lowest BCUT2D eigenvalue weighted by molar-refractivity contribution is 0.582. The van der Waals surface area contributed by atoms with Crippen LogP contribution < -0.4 is 16.2 Å². The average molecular weight is 251 g/mol. The topological polar surface area (TPSA) is 67.1 Å². The molecule has 102 valence electrons. The lowest BCUT2D eigenvalue weighted by Crippen LogP contribution is -2.24. The molecule has 0 aliphatic rings. The molecular weight excluding hydrogens is 226 g/mol. The molecule has 18 heavy (non-hydrogen) atoms. The van der Waals surface area contributed by atoms with Crippen molar-refractivity contribution in [1.82, 2.24) is 9.97 Å². The molecular formula is C13H25N5. The maximum absolute atomic E-state index is 5.52. The molecule has 1 rings (SSSR count). The van der Waals surface area contributed by atoms with Crippen LogP contribution in [0, 0.1) is 5.92 Å². The lowest BCUT2D eigenvalue weighted by atomic mass is 10.0. The van der Waals surface area contributed by atoms with Crippen molar-refractivity contribution >= 4 is 11.6 Å². The van der Waals surface area contributed by atoms with Crippen molar-refractivity contribution in [3.05, 3.63) is 11.9 Å². The first-order valence-electron chi connectivity index (χ1n) is 6.50. The van der Waals surface area contributed by atoms with E-state index in [-0.39, 0.29) is 0 Å². The highest BCUT2D eigenvalue weighted by Crippen LogP contribution is 2.29. The van der Waals surface area contributed by atoms with Gasteiger partial charge in [-0.05, 0) is 18.3 Å². The average Bonchev–Trinajstić information content (AvgIpc) is 2.34. The van der Waals surface area contributed by atoms with Gasteiger partial charge in [0.05, 0.1) is 0 Å². The minimum atomic E-state index is 0.328. The smallest absolute Gasteiger partial charge is 0.148 e. The molecule has 0 bridgehead atoms. The van der Waals surface area contributed by atoms with E-state index < -0.39 is 0 Å². The summed E-state index contributed by atoms with van der Waals surface area (Å²) < 4.78 is 0. The second-order valence-electron chi connectivity index (χ2n) is 5.36. The van der Waals surface area contributed by atoms with Gasteiger partial charge in [0.15, 0.2) is 0 Å². The fourth-order valence-corrected chi connectivity index (χ4v) is 1.89. The standard InChI is InChI=1S/C13H25N5/c1-9(2)6-7-18(5)13-11(10(3)4)12(17-14)15-8-16-13/h8-10H,6-7,14H2,1-5H3,(H,15,16,17). The first-order valence-corrected chi connectivity index (χ1v) is 6.50. The van der Waals surface area contributed by atoms with E-state index >= 15 is 0 Å². The second-order valence-corrected chi connectivity index (χ2v) is 5.36. The Balaban J connectivity index is 2.99. The summed E-state index contributed by atoms with van der Waals surface area (Å²) in [6.45, 7) is 9.69. The molecule has 5 heteroatoms. The summed E-state index contributed by atoms with van der Waals surface area (Å²) in [5.41, 5.74) is 3.73. The Morgan fingerprint density at radius 3 is 2.44 bits per heavy atom. The Hall–Kier alpha value is -1.36. The summed E-state index contributed by atoms with van der Waals surface area (Å²) in [4.78, 5) is 10.8. The number of nitrogens with two attached hydrogens (primary N) is 1. The van der Waals surface area contributed by atoms with E-state index in [1.807, 2.05) is 0 Å². The lowest BCUT2D eigenvalue weighted by Gasteiger charge is -2.24. The molecule has 0 saturated heterocycles. The third kappa shape index (κ3) is 3.57. The molecule has 0 atom stereocenters. The SMILES string of the molecule is CC(C)CCN(C)c1ncnc(NN)c1C(C)C. The van der Waals surface area contributed by atoms with Gasteiger partial charge in [-0.3, -0.25) is 0 Å². The van der Waals surface area contributed by atoms with Gasteiger partial charge in [0, 0.05) is 19.2 Å². The third-order valence-electron chi connectivity index (χ3n) is 2.98. The van der Waals surface area contributed by atoms with E-state index in [9.17, 15) is 0 Å². The molecule has 0 spiro atoms. The van der Waals surface area contributed by atoms with Crippen LogP contribution in [0.2, 0.25) is 0 Å². The number of aromatic nitrogens is 2. The van der Waals surface area contributed by atoms with Crippen molar-refractivity contribution in [1.29, 1.82) is 0 Å². The number of hydrogen-bond donors (Lipinski definition) is 2. The van der Waals surface area contributed by atoms with Gasteiger partial charge in [0.1, 0.15) is 18.0 Å². The fourth-order valence-electron chi connectivity index (χ4n) is 1.89. The van der Waals surface area contributed by atoms with Crippen LogP contribution >= 0.6 is 0 Å². The van der Waals surface area contributed by atoms with E-state index in [2.05, 4.69) is 55.0 Å². The third-order valence-corrected chi connectivity index (χ3v) is 2.98. The molecule has 0 fully saturated rings. The molecule has 3 N–H and O–H groups in total. The van der Waals surface area contributed by atoms with E-state index in [1.54, 1.807) is 6.33 Å². The molecule has 1 aromatic rings. The highest BCUT2D eigenvalue weighted by atomic mass is 15.3. The van der Waals surface area contributed by atoms with Crippen LogP contribution in [0.15, 0.2) is 6.33 Å². The summed E-state index contributed by atoms with van der Waals surface area (Å²) in [5.74, 6) is 8.21. The number of anilines is 2. The van der Waals surface area contributed by atoms with E-state index in [4.69, 9.17) is 5.84 Å². The van der Waals surface area contributed by atoms with Crippen molar-refractivity contribution in [3.63, 3.8) is 0 Å². The molecule has 0 unspecified atom stereocenters. The summed E-state index contributed by atoms with van der Waals surface area (Å²) >= 11 is 0. The monoisotopic (exact) mass is 251 g/mol. The zero-order valence-electron chi connectivity index (χ0n) is 12.1. The zero-order chi connectivity index (χ0) is 13.7. The minimum absolute atomic E-state index is 0.328. The predicted molar refractivity (Wildman–Crippen MR) is 76.7 cm³/mol. The summed E-state index contributed by atoms with van der Waals surface area (Å²) in [7, 11) is 2.07. The molecule has 1 aromatic heterocycles. The molecule has 0 aromatic carbocycles. The normalized spacial score (nSPS) is 11.1. The molecule has 1 heterocycles. The summed E-state index contributed by atoms with van der Waals surface area (Å²) in [6, 6.07) is 0. The van der Waals surface area contributed by atoms with Gasteiger partial charge in [0.25, 0.3) is 0 Å². The van der Waals surface area contributed by atoms with Crippen LogP contribution in [0.25, 0.3) is 0 Å². The second kappa shape index (κ2) is 6.54. The Morgan fingerprint density at radius 2 is 1.94 bits per heavy atom. The molecule has 5 nitrogen and oxygen atoms in total. The van der Waals surface area contributed by atoms with Gasteiger partial charge in [0.2, 0.25) is 0 Å². The minimum Gasteiger partial charge on any atom is -0.359 e. The molecule has 0 saturated carbocycles. The van der Waals surface area contributed by atoms with Gasteiger partial charge >= 0.3 is 0 Å². The van der Waals surface area contributed by atoms with Crippen molar-refractivity contribution in [2.75, 3.05) is 23.9 Å². The molecule has 0 aliphatic heterocycles. The van der Waals surface area contributed by atoms with Crippen molar-refractivity contribution in [2.45, 2.75) is 40.0 Å². The van der Waals surface area contributed by atoms with Crippen LogP contribution in [-0.2, 0) is 0 Å². The Morgan fingerprint density at radius 1 is 1.28 bits per heavy atom. The van der Waals surface area contributed by atoms with Gasteiger partial charge in [-0.1, -0.05) is 27.7 Å². The van der Waals surface area contributed by atoms with Gasteiger partial charge in [-0.15, -0.1) is 0 Å². The Kier molecular flexibility index (Phi) is 5.34. The molecule has 0 aliphatic carbocycles. The van der Waals surface area contributed by atoms with E-state index in [0.717, 1.165) is 24.3 Å². The summed E-state index contributed by atoms with van der Waals surface area (Å²) in [6.07, 6.45) is 2.70.